The molecule has 3 N–H and O–H groups in total. The number of nitrogen functional groups attached to an aromatic ring is 1. The van der Waals surface area contributed by atoms with Crippen LogP contribution in [0.25, 0.3) is 16.8 Å². The average Bonchev–Trinajstić information content (AvgIpc) is 3.43. The van der Waals surface area contributed by atoms with Gasteiger partial charge in [0.1, 0.15) is 29.7 Å². The molecule has 2 aromatic heterocycles. The Morgan fingerprint density at radius 2 is 1.74 bits per heavy atom. The molecule has 1 aromatic carbocycles. The predicted octanol–water partition coefficient (Wildman–Crippen LogP) is 4.37. The van der Waals surface area contributed by atoms with Gasteiger partial charge in [-0.05, 0) is 31.2 Å². The number of nitrogens with zero attached hydrogens (tertiary/aromatic N) is 4. The summed E-state index contributed by atoms with van der Waals surface area (Å²) in [6, 6.07) is 1.17. The topological polar surface area (TPSA) is 115 Å². The second-order valence-electron chi connectivity index (χ2n) is 9.21. The van der Waals surface area contributed by atoms with E-state index < -0.39 is 90.0 Å². The van der Waals surface area contributed by atoms with E-state index in [9.17, 15) is 53.5 Å². The first-order chi connectivity index (χ1) is 19.3. The number of fused-ring (bicyclic) bond motifs is 1. The molecule has 0 spiro atoms. The number of hydrogen-bond acceptors (Lipinski definition) is 6. The molecule has 3 atom stereocenters. The number of carbonyl (C=O) groups is 2. The summed E-state index contributed by atoms with van der Waals surface area (Å²) in [5.74, 6) is -7.09. The van der Waals surface area contributed by atoms with Crippen molar-refractivity contribution in [1.82, 2.24) is 24.8 Å². The SMILES string of the molecule is CC(C(=O)N1C[C@H](F)[C@H](NC(=O)c2cc(-c3cc(C(F)(F)F)c4c(N)ncnn34)ccc2OC(F)(F)F)C1)C(F)(F)F. The van der Waals surface area contributed by atoms with E-state index >= 15 is 0 Å². The van der Waals surface area contributed by atoms with E-state index in [1.54, 1.807) is 0 Å². The number of anilines is 1. The van der Waals surface area contributed by atoms with Crippen molar-refractivity contribution in [3.8, 4) is 17.0 Å². The number of hydrogen-bond donors (Lipinski definition) is 2. The summed E-state index contributed by atoms with van der Waals surface area (Å²) in [6.07, 6.45) is -16.5. The lowest BCUT2D eigenvalue weighted by molar-refractivity contribution is -0.274. The zero-order valence-corrected chi connectivity index (χ0v) is 20.9. The number of carbonyl (C=O) groups excluding carboxylic acids is 2. The van der Waals surface area contributed by atoms with E-state index in [2.05, 4.69) is 14.8 Å². The van der Waals surface area contributed by atoms with Crippen LogP contribution in [-0.2, 0) is 11.0 Å². The summed E-state index contributed by atoms with van der Waals surface area (Å²) < 4.78 is 138. The van der Waals surface area contributed by atoms with E-state index in [4.69, 9.17) is 5.73 Å². The molecule has 228 valence electrons. The van der Waals surface area contributed by atoms with Crippen molar-refractivity contribution >= 4 is 23.1 Å². The summed E-state index contributed by atoms with van der Waals surface area (Å²) in [6.45, 7) is -1.02. The Hall–Kier alpha value is -4.32. The first-order valence-corrected chi connectivity index (χ1v) is 11.7. The van der Waals surface area contributed by atoms with Crippen LogP contribution in [0.15, 0.2) is 30.6 Å². The van der Waals surface area contributed by atoms with Gasteiger partial charge in [-0.2, -0.15) is 31.4 Å². The Morgan fingerprint density at radius 3 is 2.33 bits per heavy atom. The number of benzene rings is 1. The van der Waals surface area contributed by atoms with Crippen molar-refractivity contribution < 1.29 is 58.2 Å². The molecule has 9 nitrogen and oxygen atoms in total. The molecule has 0 bridgehead atoms. The van der Waals surface area contributed by atoms with Gasteiger partial charge < -0.3 is 20.7 Å². The van der Waals surface area contributed by atoms with Crippen LogP contribution in [0.3, 0.4) is 0 Å². The number of nitrogens with one attached hydrogen (secondary N) is 1. The normalized spacial score (nSPS) is 18.8. The van der Waals surface area contributed by atoms with Crippen molar-refractivity contribution in [1.29, 1.82) is 0 Å². The molecule has 19 heteroatoms. The van der Waals surface area contributed by atoms with Crippen molar-refractivity contribution in [2.24, 2.45) is 5.92 Å². The van der Waals surface area contributed by atoms with Crippen molar-refractivity contribution in [3.05, 3.63) is 41.7 Å². The maximum absolute atomic E-state index is 14.6. The summed E-state index contributed by atoms with van der Waals surface area (Å²) in [5, 5.41) is 5.72. The number of halogens is 10. The number of ether oxygens (including phenoxy) is 1. The summed E-state index contributed by atoms with van der Waals surface area (Å²) in [4.78, 5) is 29.2. The summed E-state index contributed by atoms with van der Waals surface area (Å²) in [7, 11) is 0. The predicted molar refractivity (Wildman–Crippen MR) is 122 cm³/mol. The molecule has 1 fully saturated rings. The van der Waals surface area contributed by atoms with Gasteiger partial charge in [-0.25, -0.2) is 13.9 Å². The monoisotopic (exact) mass is 616 g/mol. The quantitative estimate of drug-likeness (QED) is 0.412. The van der Waals surface area contributed by atoms with Crippen LogP contribution in [0.4, 0.5) is 49.7 Å². The van der Waals surface area contributed by atoms with Crippen molar-refractivity contribution in [3.63, 3.8) is 0 Å². The third kappa shape index (κ3) is 6.13. The Labute approximate surface area is 228 Å². The highest BCUT2D eigenvalue weighted by Gasteiger charge is 2.46. The number of likely N-dealkylation sites (tertiary alicyclic amines) is 1. The van der Waals surface area contributed by atoms with Crippen LogP contribution in [0.1, 0.15) is 22.8 Å². The van der Waals surface area contributed by atoms with Crippen molar-refractivity contribution in [2.45, 2.75) is 37.9 Å². The van der Waals surface area contributed by atoms with Gasteiger partial charge in [0.2, 0.25) is 5.91 Å². The van der Waals surface area contributed by atoms with E-state index in [1.807, 2.05) is 5.32 Å². The van der Waals surface area contributed by atoms with Gasteiger partial charge in [0.05, 0.1) is 29.4 Å². The molecule has 0 aliphatic carbocycles. The molecule has 2 amide bonds. The first kappa shape index (κ1) is 30.6. The maximum Gasteiger partial charge on any atom is 0.573 e. The lowest BCUT2D eigenvalue weighted by atomic mass is 10.1. The van der Waals surface area contributed by atoms with Gasteiger partial charge in [-0.3, -0.25) is 9.59 Å². The van der Waals surface area contributed by atoms with Gasteiger partial charge in [0, 0.05) is 12.1 Å². The van der Waals surface area contributed by atoms with E-state index in [-0.39, 0.29) is 11.3 Å². The number of rotatable bonds is 5. The second-order valence-corrected chi connectivity index (χ2v) is 9.21. The summed E-state index contributed by atoms with van der Waals surface area (Å²) in [5.41, 5.74) is 2.05. The van der Waals surface area contributed by atoms with Gasteiger partial charge in [0.25, 0.3) is 5.91 Å². The van der Waals surface area contributed by atoms with Gasteiger partial charge in [0.15, 0.2) is 5.82 Å². The van der Waals surface area contributed by atoms with Crippen molar-refractivity contribution in [2.75, 3.05) is 18.8 Å². The number of amides is 2. The molecule has 0 saturated carbocycles. The van der Waals surface area contributed by atoms with Crippen LogP contribution in [0.5, 0.6) is 5.75 Å². The Balaban J connectivity index is 1.71. The number of aromatic nitrogens is 3. The minimum atomic E-state index is -5.34. The summed E-state index contributed by atoms with van der Waals surface area (Å²) >= 11 is 0. The van der Waals surface area contributed by atoms with Gasteiger partial charge >= 0.3 is 18.7 Å². The molecular formula is C23H18F10N6O3. The van der Waals surface area contributed by atoms with Gasteiger partial charge in [-0.1, -0.05) is 0 Å². The largest absolute Gasteiger partial charge is 0.573 e. The maximum atomic E-state index is 14.6. The Bertz CT molecular complexity index is 1520. The molecule has 1 aliphatic rings. The molecule has 42 heavy (non-hydrogen) atoms. The fourth-order valence-electron chi connectivity index (χ4n) is 4.31. The molecule has 4 rings (SSSR count). The Morgan fingerprint density at radius 1 is 1.07 bits per heavy atom. The van der Waals surface area contributed by atoms with Crippen LogP contribution in [0, 0.1) is 5.92 Å². The van der Waals surface area contributed by atoms with Crippen LogP contribution in [0.2, 0.25) is 0 Å². The zero-order chi connectivity index (χ0) is 31.4. The third-order valence-corrected chi connectivity index (χ3v) is 6.37. The Kier molecular flexibility index (Phi) is 7.66. The highest BCUT2D eigenvalue weighted by atomic mass is 19.4. The number of nitrogens with two attached hydrogens (primary N) is 1. The highest BCUT2D eigenvalue weighted by Crippen LogP contribution is 2.40. The standard InChI is InChI=1S/C23H18F10N6O3/c1-9(21(25,26)27)20(41)38-6-13(24)14(7-38)37-19(40)11-4-10(2-3-16(11)42-23(31,32)33)15-5-12(22(28,29)30)17-18(34)35-8-36-39(15)17/h2-5,8-9,13-14H,6-7H2,1H3,(H,37,40)(H2,34,35,36)/t9?,13-,14+/m0/s1. The fourth-order valence-corrected chi connectivity index (χ4v) is 4.31. The first-order valence-electron chi connectivity index (χ1n) is 11.7. The van der Waals surface area contributed by atoms with Crippen LogP contribution >= 0.6 is 0 Å². The lowest BCUT2D eigenvalue weighted by Gasteiger charge is -2.22. The molecule has 1 saturated heterocycles. The van der Waals surface area contributed by atoms with E-state index in [0.717, 1.165) is 12.4 Å². The van der Waals surface area contributed by atoms with E-state index in [0.29, 0.717) is 34.5 Å². The lowest BCUT2D eigenvalue weighted by Crippen LogP contribution is -2.43. The molecule has 3 heterocycles. The molecule has 1 unspecified atom stereocenters. The average molecular weight is 616 g/mol. The molecule has 0 radical (unpaired) electrons. The molecule has 1 aliphatic heterocycles. The van der Waals surface area contributed by atoms with Crippen LogP contribution in [-0.4, -0.2) is 69.2 Å². The zero-order valence-electron chi connectivity index (χ0n) is 20.9. The third-order valence-electron chi connectivity index (χ3n) is 6.37. The minimum absolute atomic E-state index is 0.280. The molecule has 3 aromatic rings. The second kappa shape index (κ2) is 10.5. The number of alkyl halides is 10. The molecular weight excluding hydrogens is 598 g/mol. The highest BCUT2D eigenvalue weighted by molar-refractivity contribution is 5.98. The minimum Gasteiger partial charge on any atom is -0.405 e. The smallest absolute Gasteiger partial charge is 0.405 e. The van der Waals surface area contributed by atoms with Crippen LogP contribution < -0.4 is 15.8 Å². The fraction of sp³-hybridized carbons (Fsp3) is 0.391. The van der Waals surface area contributed by atoms with Gasteiger partial charge in [-0.15, -0.1) is 13.2 Å². The van der Waals surface area contributed by atoms with E-state index in [1.165, 1.54) is 0 Å².